The Morgan fingerprint density at radius 2 is 1.57 bits per heavy atom. The molecule has 164 valence electrons. The maximum atomic E-state index is 12.7. The smallest absolute Gasteiger partial charge is 0.240 e. The van der Waals surface area contributed by atoms with E-state index in [9.17, 15) is 8.42 Å². The summed E-state index contributed by atoms with van der Waals surface area (Å²) in [5, 5.41) is 0. The van der Waals surface area contributed by atoms with Gasteiger partial charge in [-0.05, 0) is 38.1 Å². The minimum Gasteiger partial charge on any atom is -0.490 e. The van der Waals surface area contributed by atoms with Gasteiger partial charge in [-0.25, -0.2) is 13.1 Å². The molecule has 0 atom stereocenters. The third-order valence-electron chi connectivity index (χ3n) is 5.04. The summed E-state index contributed by atoms with van der Waals surface area (Å²) >= 11 is 0. The van der Waals surface area contributed by atoms with Crippen LogP contribution in [0, 0.1) is 0 Å². The zero-order valence-corrected chi connectivity index (χ0v) is 18.5. The lowest BCUT2D eigenvalue weighted by Gasteiger charge is -2.36. The van der Waals surface area contributed by atoms with Crippen molar-refractivity contribution in [2.24, 2.45) is 0 Å². The monoisotopic (exact) mass is 433 g/mol. The lowest BCUT2D eigenvalue weighted by Crippen LogP contribution is -2.48. The minimum atomic E-state index is -3.61. The van der Waals surface area contributed by atoms with Gasteiger partial charge in [-0.3, -0.25) is 4.90 Å². The van der Waals surface area contributed by atoms with Crippen molar-refractivity contribution in [3.05, 3.63) is 48.5 Å². The van der Waals surface area contributed by atoms with Crippen LogP contribution in [-0.4, -0.2) is 65.8 Å². The Hall–Kier alpha value is -2.29. The van der Waals surface area contributed by atoms with E-state index in [1.54, 1.807) is 12.1 Å². The van der Waals surface area contributed by atoms with Crippen LogP contribution in [0.15, 0.2) is 53.4 Å². The number of rotatable bonds is 10. The minimum absolute atomic E-state index is 0.184. The number of hydrogen-bond acceptors (Lipinski definition) is 6. The van der Waals surface area contributed by atoms with Crippen molar-refractivity contribution >= 4 is 15.7 Å². The van der Waals surface area contributed by atoms with E-state index in [0.29, 0.717) is 37.8 Å². The molecule has 0 bridgehead atoms. The Labute approximate surface area is 179 Å². The second-order valence-electron chi connectivity index (χ2n) is 7.04. The first-order chi connectivity index (χ1) is 14.5. The number of para-hydroxylation sites is 1. The standard InChI is InChI=1S/C22H31N3O4S/c1-3-28-21-11-10-20(18-22(21)29-4-2)30(26,27)23-12-13-24-14-16-25(17-15-24)19-8-6-5-7-9-19/h5-11,18,23H,3-4,12-17H2,1-2H3. The summed E-state index contributed by atoms with van der Waals surface area (Å²) in [4.78, 5) is 4.82. The van der Waals surface area contributed by atoms with Crippen LogP contribution in [0.5, 0.6) is 11.5 Å². The van der Waals surface area contributed by atoms with E-state index >= 15 is 0 Å². The molecule has 1 heterocycles. The van der Waals surface area contributed by atoms with Crippen molar-refractivity contribution in [1.29, 1.82) is 0 Å². The first kappa shape index (κ1) is 22.4. The SMILES string of the molecule is CCOc1ccc(S(=O)(=O)NCCN2CCN(c3ccccc3)CC2)cc1OCC. The van der Waals surface area contributed by atoms with Crippen LogP contribution in [-0.2, 0) is 10.0 Å². The summed E-state index contributed by atoms with van der Waals surface area (Å²) in [5.74, 6) is 0.994. The maximum absolute atomic E-state index is 12.7. The van der Waals surface area contributed by atoms with Gasteiger partial charge >= 0.3 is 0 Å². The van der Waals surface area contributed by atoms with E-state index in [1.807, 2.05) is 32.0 Å². The number of nitrogens with zero attached hydrogens (tertiary/aromatic N) is 2. The quantitative estimate of drug-likeness (QED) is 0.621. The molecule has 1 aliphatic heterocycles. The Morgan fingerprint density at radius 1 is 0.900 bits per heavy atom. The second-order valence-corrected chi connectivity index (χ2v) is 8.80. The normalized spacial score (nSPS) is 15.2. The highest BCUT2D eigenvalue weighted by Crippen LogP contribution is 2.30. The molecule has 30 heavy (non-hydrogen) atoms. The molecule has 0 unspecified atom stereocenters. The van der Waals surface area contributed by atoms with E-state index in [2.05, 4.69) is 26.7 Å². The molecule has 0 radical (unpaired) electrons. The van der Waals surface area contributed by atoms with Crippen LogP contribution in [0.3, 0.4) is 0 Å². The molecule has 1 N–H and O–H groups in total. The molecule has 2 aromatic rings. The molecule has 1 aliphatic rings. The van der Waals surface area contributed by atoms with Crippen molar-refractivity contribution in [3.63, 3.8) is 0 Å². The molecule has 1 saturated heterocycles. The van der Waals surface area contributed by atoms with Crippen molar-refractivity contribution < 1.29 is 17.9 Å². The first-order valence-corrected chi connectivity index (χ1v) is 11.9. The van der Waals surface area contributed by atoms with Crippen molar-refractivity contribution in [2.45, 2.75) is 18.7 Å². The van der Waals surface area contributed by atoms with Gasteiger partial charge in [0.2, 0.25) is 10.0 Å². The van der Waals surface area contributed by atoms with E-state index < -0.39 is 10.0 Å². The van der Waals surface area contributed by atoms with Crippen LogP contribution in [0.1, 0.15) is 13.8 Å². The molecular weight excluding hydrogens is 402 g/mol. The molecular formula is C22H31N3O4S. The Morgan fingerprint density at radius 3 is 2.23 bits per heavy atom. The molecule has 1 fully saturated rings. The van der Waals surface area contributed by atoms with Gasteiger partial charge in [-0.2, -0.15) is 0 Å². The Kier molecular flexibility index (Phi) is 7.95. The molecule has 8 heteroatoms. The highest BCUT2D eigenvalue weighted by atomic mass is 32.2. The van der Waals surface area contributed by atoms with Gasteiger partial charge in [0.1, 0.15) is 0 Å². The molecule has 7 nitrogen and oxygen atoms in total. The topological polar surface area (TPSA) is 71.1 Å². The molecule has 0 spiro atoms. The third-order valence-corrected chi connectivity index (χ3v) is 6.50. The number of sulfonamides is 1. The van der Waals surface area contributed by atoms with Gasteiger partial charge in [0.15, 0.2) is 11.5 Å². The number of nitrogens with one attached hydrogen (secondary N) is 1. The fourth-order valence-corrected chi connectivity index (χ4v) is 4.52. The van der Waals surface area contributed by atoms with E-state index in [0.717, 1.165) is 26.2 Å². The van der Waals surface area contributed by atoms with E-state index in [1.165, 1.54) is 11.8 Å². The van der Waals surface area contributed by atoms with Crippen molar-refractivity contribution in [1.82, 2.24) is 9.62 Å². The van der Waals surface area contributed by atoms with Crippen LogP contribution in [0.25, 0.3) is 0 Å². The second kappa shape index (κ2) is 10.7. The molecule has 0 saturated carbocycles. The number of benzene rings is 2. The summed E-state index contributed by atoms with van der Waals surface area (Å²) in [7, 11) is -3.61. The van der Waals surface area contributed by atoms with Gasteiger partial charge in [0.05, 0.1) is 18.1 Å². The van der Waals surface area contributed by atoms with Crippen LogP contribution >= 0.6 is 0 Å². The molecule has 0 aliphatic carbocycles. The van der Waals surface area contributed by atoms with Gasteiger partial charge < -0.3 is 14.4 Å². The molecule has 0 aromatic heterocycles. The van der Waals surface area contributed by atoms with Crippen LogP contribution in [0.4, 0.5) is 5.69 Å². The van der Waals surface area contributed by atoms with Gasteiger partial charge in [-0.1, -0.05) is 18.2 Å². The fraction of sp³-hybridized carbons (Fsp3) is 0.455. The number of hydrogen-bond donors (Lipinski definition) is 1. The summed E-state index contributed by atoms with van der Waals surface area (Å²) in [6, 6.07) is 15.1. The van der Waals surface area contributed by atoms with Crippen molar-refractivity contribution in [2.75, 3.05) is 57.4 Å². The average Bonchev–Trinajstić information content (AvgIpc) is 2.76. The predicted octanol–water partition coefficient (Wildman–Crippen LogP) is 2.58. The van der Waals surface area contributed by atoms with Gasteiger partial charge in [0, 0.05) is 51.0 Å². The largest absolute Gasteiger partial charge is 0.490 e. The Bertz CT molecular complexity index is 898. The lowest BCUT2D eigenvalue weighted by molar-refractivity contribution is 0.262. The zero-order valence-electron chi connectivity index (χ0n) is 17.7. The summed E-state index contributed by atoms with van der Waals surface area (Å²) in [6.45, 7) is 9.40. The van der Waals surface area contributed by atoms with Crippen LogP contribution < -0.4 is 19.1 Å². The summed E-state index contributed by atoms with van der Waals surface area (Å²) in [6.07, 6.45) is 0. The highest BCUT2D eigenvalue weighted by Gasteiger charge is 2.20. The Balaban J connectivity index is 1.51. The van der Waals surface area contributed by atoms with Gasteiger partial charge in [-0.15, -0.1) is 0 Å². The molecule has 2 aromatic carbocycles. The van der Waals surface area contributed by atoms with E-state index in [-0.39, 0.29) is 4.90 Å². The zero-order chi connectivity index (χ0) is 21.4. The number of piperazine rings is 1. The first-order valence-electron chi connectivity index (χ1n) is 10.4. The molecule has 3 rings (SSSR count). The summed E-state index contributed by atoms with van der Waals surface area (Å²) < 4.78 is 39.2. The number of ether oxygens (including phenoxy) is 2. The predicted molar refractivity (Wildman–Crippen MR) is 119 cm³/mol. The van der Waals surface area contributed by atoms with Crippen LogP contribution in [0.2, 0.25) is 0 Å². The maximum Gasteiger partial charge on any atom is 0.240 e. The third kappa shape index (κ3) is 5.87. The lowest BCUT2D eigenvalue weighted by atomic mass is 10.2. The average molecular weight is 434 g/mol. The van der Waals surface area contributed by atoms with Gasteiger partial charge in [0.25, 0.3) is 0 Å². The highest BCUT2D eigenvalue weighted by molar-refractivity contribution is 7.89. The van der Waals surface area contributed by atoms with Crippen molar-refractivity contribution in [3.8, 4) is 11.5 Å². The van der Waals surface area contributed by atoms with E-state index in [4.69, 9.17) is 9.47 Å². The summed E-state index contributed by atoms with van der Waals surface area (Å²) in [5.41, 5.74) is 1.23. The molecule has 0 amide bonds. The number of anilines is 1. The fourth-order valence-electron chi connectivity index (χ4n) is 3.49.